The average molecular weight is 765 g/mol. The van der Waals surface area contributed by atoms with Crippen LogP contribution >= 0.6 is 0 Å². The predicted octanol–water partition coefficient (Wildman–Crippen LogP) is 3.18. The molecule has 4 saturated heterocycles. The number of ether oxygens (including phenoxy) is 2. The number of piperidine rings is 3. The summed E-state index contributed by atoms with van der Waals surface area (Å²) < 4.78 is 11.3. The smallest absolute Gasteiger partial charge is 0.322 e. The Morgan fingerprint density at radius 3 is 2.33 bits per heavy atom. The zero-order valence-corrected chi connectivity index (χ0v) is 32.1. The van der Waals surface area contributed by atoms with Crippen molar-refractivity contribution >= 4 is 24.2 Å². The number of hydrogen-bond acceptors (Lipinski definition) is 9. The Labute approximate surface area is 324 Å². The van der Waals surface area contributed by atoms with Crippen LogP contribution in [0.4, 0.5) is 15.3 Å². The molecule has 5 N–H and O–H groups in total. The minimum Gasteiger partial charge on any atom is -0.465 e. The molecule has 5 aliphatic rings. The fourth-order valence-electron chi connectivity index (χ4n) is 8.46. The van der Waals surface area contributed by atoms with Crippen molar-refractivity contribution in [2.75, 3.05) is 57.7 Å². The molecule has 2 aromatic rings. The molecule has 5 amide bonds. The van der Waals surface area contributed by atoms with Gasteiger partial charge in [0.05, 0.1) is 12.7 Å². The summed E-state index contributed by atoms with van der Waals surface area (Å²) >= 11 is 0. The molecular formula is C41H60N6O8. The first-order valence-electron chi connectivity index (χ1n) is 20.2. The van der Waals surface area contributed by atoms with Crippen LogP contribution in [0, 0.1) is 0 Å². The first kappa shape index (κ1) is 40.7. The molecule has 5 atom stereocenters. The molecule has 5 heterocycles. The molecule has 2 unspecified atom stereocenters. The Hall–Kier alpha value is -3.95. The van der Waals surface area contributed by atoms with Gasteiger partial charge in [-0.1, -0.05) is 36.8 Å². The highest BCUT2D eigenvalue weighted by atomic mass is 16.7. The van der Waals surface area contributed by atoms with E-state index in [9.17, 15) is 29.7 Å². The lowest BCUT2D eigenvalue weighted by Crippen LogP contribution is -2.53. The van der Waals surface area contributed by atoms with E-state index in [0.29, 0.717) is 31.8 Å². The Kier molecular flexibility index (Phi) is 14.6. The molecule has 0 saturated carbocycles. The maximum absolute atomic E-state index is 13.0. The van der Waals surface area contributed by atoms with Crippen molar-refractivity contribution in [1.82, 2.24) is 24.9 Å². The van der Waals surface area contributed by atoms with E-state index in [-0.39, 0.29) is 30.6 Å². The summed E-state index contributed by atoms with van der Waals surface area (Å²) in [6, 6.07) is 15.9. The first-order chi connectivity index (χ1) is 26.7. The minimum absolute atomic E-state index is 0.0695. The third-order valence-electron chi connectivity index (χ3n) is 11.7. The van der Waals surface area contributed by atoms with E-state index >= 15 is 0 Å². The summed E-state index contributed by atoms with van der Waals surface area (Å²) in [5, 5.41) is 35.3. The molecule has 4 fully saturated rings. The molecule has 55 heavy (non-hydrogen) atoms. The number of para-hydroxylation sites is 1. The predicted molar refractivity (Wildman–Crippen MR) is 208 cm³/mol. The van der Waals surface area contributed by atoms with Crippen molar-refractivity contribution in [1.29, 1.82) is 0 Å². The van der Waals surface area contributed by atoms with Crippen LogP contribution in [0.5, 0.6) is 5.75 Å². The number of nitrogens with zero attached hydrogens (tertiary/aromatic N) is 4. The van der Waals surface area contributed by atoms with Crippen LogP contribution in [0.25, 0.3) is 0 Å². The number of nitrogens with one attached hydrogen (secondary N) is 2. The monoisotopic (exact) mass is 764 g/mol. The average Bonchev–Trinajstić information content (AvgIpc) is 3.38. The van der Waals surface area contributed by atoms with Crippen LogP contribution in [-0.4, -0.2) is 149 Å². The van der Waals surface area contributed by atoms with Crippen molar-refractivity contribution in [3.05, 3.63) is 59.7 Å². The number of likely N-dealkylation sites (tertiary alicyclic amines) is 3. The first-order valence-corrected chi connectivity index (χ1v) is 20.2. The topological polar surface area (TPSA) is 167 Å². The van der Waals surface area contributed by atoms with E-state index in [1.165, 1.54) is 45.2 Å². The molecule has 0 aliphatic carbocycles. The summed E-state index contributed by atoms with van der Waals surface area (Å²) in [4.78, 5) is 44.7. The number of urea groups is 2. The normalized spacial score (nSPS) is 26.1. The van der Waals surface area contributed by atoms with Gasteiger partial charge in [0, 0.05) is 63.0 Å². The van der Waals surface area contributed by atoms with Gasteiger partial charge in [-0.3, -0.25) is 4.79 Å². The fourth-order valence-corrected chi connectivity index (χ4v) is 8.46. The zero-order valence-electron chi connectivity index (χ0n) is 32.1. The molecule has 14 nitrogen and oxygen atoms in total. The van der Waals surface area contributed by atoms with Gasteiger partial charge in [-0.05, 0) is 101 Å². The number of anilines is 1. The summed E-state index contributed by atoms with van der Waals surface area (Å²) in [5.41, 5.74) is 3.04. The number of fused-ring (bicyclic) bond motifs is 1. The van der Waals surface area contributed by atoms with Gasteiger partial charge >= 0.3 is 12.1 Å². The van der Waals surface area contributed by atoms with Crippen LogP contribution in [0.15, 0.2) is 48.5 Å². The number of rotatable bonds is 9. The van der Waals surface area contributed by atoms with E-state index in [2.05, 4.69) is 21.6 Å². The van der Waals surface area contributed by atoms with Gasteiger partial charge in [0.15, 0.2) is 0 Å². The van der Waals surface area contributed by atoms with Gasteiger partial charge in [-0.15, -0.1) is 0 Å². The van der Waals surface area contributed by atoms with E-state index in [0.717, 1.165) is 61.6 Å². The maximum Gasteiger partial charge on any atom is 0.322 e. The van der Waals surface area contributed by atoms with Crippen LogP contribution in [0.1, 0.15) is 69.4 Å². The van der Waals surface area contributed by atoms with Crippen molar-refractivity contribution in [2.45, 2.75) is 114 Å². The lowest BCUT2D eigenvalue weighted by molar-refractivity contribution is -0.229. The number of aliphatic hydroxyl groups is 3. The van der Waals surface area contributed by atoms with E-state index < -0.39 is 31.2 Å². The minimum atomic E-state index is -1.15. The van der Waals surface area contributed by atoms with Gasteiger partial charge in [-0.25, -0.2) is 9.59 Å². The van der Waals surface area contributed by atoms with Crippen molar-refractivity contribution < 1.29 is 39.2 Å². The van der Waals surface area contributed by atoms with Gasteiger partial charge in [0.25, 0.3) is 0 Å². The van der Waals surface area contributed by atoms with Crippen LogP contribution < -0.4 is 15.4 Å². The van der Waals surface area contributed by atoms with Crippen LogP contribution in [-0.2, 0) is 22.4 Å². The van der Waals surface area contributed by atoms with E-state index in [1.54, 1.807) is 12.1 Å². The molecule has 0 spiro atoms. The molecule has 14 heteroatoms. The maximum atomic E-state index is 13.0. The second kappa shape index (κ2) is 19.8. The number of benzene rings is 2. The quantitative estimate of drug-likeness (QED) is 0.241. The van der Waals surface area contributed by atoms with Crippen molar-refractivity contribution in [3.8, 4) is 5.75 Å². The highest BCUT2D eigenvalue weighted by molar-refractivity contribution is 5.91. The Morgan fingerprint density at radius 2 is 1.64 bits per heavy atom. The molecule has 0 radical (unpaired) electrons. The highest BCUT2D eigenvalue weighted by Gasteiger charge is 2.37. The number of carbonyl (C=O) groups is 3. The molecule has 2 aromatic carbocycles. The van der Waals surface area contributed by atoms with E-state index in [4.69, 9.17) is 9.47 Å². The SMILES string of the molecule is C[C@@H](Cc1ccc(O[C@@H]2CC(O)[C@H](O)C(CO)O2)cc1)NC(=O)N1CCC(N2CCc3ccccc3NC2=O)CC1.O=CN1CCC(N2CCCCC2)CC1. The summed E-state index contributed by atoms with van der Waals surface area (Å²) in [7, 11) is 0. The summed E-state index contributed by atoms with van der Waals surface area (Å²) in [5.74, 6) is 0.542. The number of carbonyl (C=O) groups excluding carboxylic acids is 3. The van der Waals surface area contributed by atoms with E-state index in [1.807, 2.05) is 52.0 Å². The Balaban J connectivity index is 0.000000307. The van der Waals surface area contributed by atoms with Gasteiger partial charge in [-0.2, -0.15) is 0 Å². The molecule has 0 bridgehead atoms. The third-order valence-corrected chi connectivity index (χ3v) is 11.7. The molecule has 302 valence electrons. The van der Waals surface area contributed by atoms with Crippen molar-refractivity contribution in [3.63, 3.8) is 0 Å². The van der Waals surface area contributed by atoms with Gasteiger partial charge in [0.2, 0.25) is 12.7 Å². The van der Waals surface area contributed by atoms with Gasteiger partial charge < -0.3 is 55.0 Å². The standard InChI is InChI=1S/C30H40N4O7.C11H20N2O/c1-19(16-20-6-8-23(9-7-20)40-27-17-25(36)28(37)26(18-35)41-27)31-29(38)33-13-11-22(12-14-33)34-15-10-21-4-2-3-5-24(21)32-30(34)39;14-10-12-8-4-11(5-9-12)13-6-2-1-3-7-13/h2-9,19,22,25-28,35-37H,10-18H2,1H3,(H,31,38)(H,32,39);10-11H,1-9H2/t19-,25?,26?,27-,28-;/m0./s1. The number of aliphatic hydroxyl groups excluding tert-OH is 3. The highest BCUT2D eigenvalue weighted by Crippen LogP contribution is 2.26. The molecule has 7 rings (SSSR count). The molecule has 5 aliphatic heterocycles. The fraction of sp³-hybridized carbons (Fsp3) is 0.634. The second-order valence-corrected chi connectivity index (χ2v) is 15.6. The summed E-state index contributed by atoms with van der Waals surface area (Å²) in [6.45, 7) is 7.90. The third kappa shape index (κ3) is 11.1. The zero-order chi connectivity index (χ0) is 38.7. The second-order valence-electron chi connectivity index (χ2n) is 15.6. The summed E-state index contributed by atoms with van der Waals surface area (Å²) in [6.07, 6.45) is 6.67. The molecular weight excluding hydrogens is 704 g/mol. The van der Waals surface area contributed by atoms with Gasteiger partial charge in [0.1, 0.15) is 18.0 Å². The largest absolute Gasteiger partial charge is 0.465 e. The Bertz CT molecular complexity index is 1530. The Morgan fingerprint density at radius 1 is 0.945 bits per heavy atom. The molecule has 0 aromatic heterocycles. The lowest BCUT2D eigenvalue weighted by Gasteiger charge is -2.39. The number of amides is 5. The van der Waals surface area contributed by atoms with Crippen LogP contribution in [0.3, 0.4) is 0 Å². The van der Waals surface area contributed by atoms with Crippen molar-refractivity contribution in [2.24, 2.45) is 0 Å². The van der Waals surface area contributed by atoms with Crippen LogP contribution in [0.2, 0.25) is 0 Å². The lowest BCUT2D eigenvalue weighted by atomic mass is 10.0. The number of hydrogen-bond donors (Lipinski definition) is 5.